The van der Waals surface area contributed by atoms with E-state index in [9.17, 15) is 4.79 Å². The maximum absolute atomic E-state index is 11.7. The number of nitrogens with two attached hydrogens (primary N) is 1. The third-order valence-corrected chi connectivity index (χ3v) is 2.48. The predicted molar refractivity (Wildman–Crippen MR) is 73.8 cm³/mol. The molecule has 0 radical (unpaired) electrons. The molecule has 0 bridgehead atoms. The molecule has 0 saturated heterocycles. The van der Waals surface area contributed by atoms with Crippen molar-refractivity contribution >= 4 is 6.09 Å². The molecule has 0 spiro atoms. The van der Waals surface area contributed by atoms with E-state index in [-0.39, 0.29) is 12.1 Å². The molecule has 1 rings (SSSR count). The highest BCUT2D eigenvalue weighted by atomic mass is 16.6. The molecule has 108 valence electrons. The molecule has 1 aromatic heterocycles. The van der Waals surface area contributed by atoms with Gasteiger partial charge in [0.15, 0.2) is 0 Å². The van der Waals surface area contributed by atoms with Gasteiger partial charge < -0.3 is 15.8 Å². The minimum Gasteiger partial charge on any atom is -0.444 e. The first-order valence-corrected chi connectivity index (χ1v) is 6.46. The molecular formula is C13H24N4O2. The zero-order chi connectivity index (χ0) is 14.6. The summed E-state index contributed by atoms with van der Waals surface area (Å²) in [6.45, 7) is 9.83. The van der Waals surface area contributed by atoms with Crippen LogP contribution in [0.2, 0.25) is 0 Å². The molecule has 1 aromatic rings. The van der Waals surface area contributed by atoms with Gasteiger partial charge in [-0.1, -0.05) is 0 Å². The highest BCUT2D eigenvalue weighted by Crippen LogP contribution is 2.15. The predicted octanol–water partition coefficient (Wildman–Crippen LogP) is 1.99. The number of hydrogen-bond donors (Lipinski definition) is 2. The number of ether oxygens (including phenoxy) is 1. The standard InChI is InChI=1S/C13H24N4O2/c1-9(2)17-8-10(7-15-17)11(6-14)16-12(18)19-13(3,4)5/h7-9,11H,6,14H2,1-5H3,(H,16,18). The highest BCUT2D eigenvalue weighted by Gasteiger charge is 2.20. The molecule has 0 saturated carbocycles. The van der Waals surface area contributed by atoms with E-state index in [1.165, 1.54) is 0 Å². The maximum atomic E-state index is 11.7. The maximum Gasteiger partial charge on any atom is 0.408 e. The van der Waals surface area contributed by atoms with Crippen molar-refractivity contribution in [2.75, 3.05) is 6.54 Å². The Morgan fingerprint density at radius 1 is 1.53 bits per heavy atom. The first kappa shape index (κ1) is 15.5. The SMILES string of the molecule is CC(C)n1cc(C(CN)NC(=O)OC(C)(C)C)cn1. The Hall–Kier alpha value is -1.56. The number of hydrogen-bond acceptors (Lipinski definition) is 4. The van der Waals surface area contributed by atoms with Crippen LogP contribution in [0.4, 0.5) is 4.79 Å². The molecule has 1 atom stereocenters. The van der Waals surface area contributed by atoms with E-state index in [4.69, 9.17) is 10.5 Å². The molecule has 3 N–H and O–H groups in total. The fourth-order valence-electron chi connectivity index (χ4n) is 1.54. The van der Waals surface area contributed by atoms with E-state index >= 15 is 0 Å². The summed E-state index contributed by atoms with van der Waals surface area (Å²) in [5, 5.41) is 6.99. The Kier molecular flexibility index (Phi) is 4.94. The second kappa shape index (κ2) is 6.06. The first-order valence-electron chi connectivity index (χ1n) is 6.46. The fraction of sp³-hybridized carbons (Fsp3) is 0.692. The average molecular weight is 268 g/mol. The van der Waals surface area contributed by atoms with E-state index in [0.29, 0.717) is 6.54 Å². The molecule has 1 heterocycles. The van der Waals surface area contributed by atoms with Gasteiger partial charge in [-0.25, -0.2) is 4.79 Å². The third-order valence-electron chi connectivity index (χ3n) is 2.48. The van der Waals surface area contributed by atoms with Crippen LogP contribution in [0.25, 0.3) is 0 Å². The van der Waals surface area contributed by atoms with Crippen molar-refractivity contribution in [2.24, 2.45) is 5.73 Å². The number of rotatable bonds is 4. The van der Waals surface area contributed by atoms with Crippen molar-refractivity contribution in [2.45, 2.75) is 52.3 Å². The van der Waals surface area contributed by atoms with Crippen molar-refractivity contribution in [1.82, 2.24) is 15.1 Å². The Labute approximate surface area is 114 Å². The summed E-state index contributed by atoms with van der Waals surface area (Å²) < 4.78 is 7.04. The lowest BCUT2D eigenvalue weighted by Crippen LogP contribution is -2.37. The van der Waals surface area contributed by atoms with Crippen LogP contribution >= 0.6 is 0 Å². The quantitative estimate of drug-likeness (QED) is 0.875. The van der Waals surface area contributed by atoms with Crippen molar-refractivity contribution in [3.05, 3.63) is 18.0 Å². The van der Waals surface area contributed by atoms with Crippen LogP contribution in [0.1, 0.15) is 52.3 Å². The molecule has 6 nitrogen and oxygen atoms in total. The van der Waals surface area contributed by atoms with Crippen LogP contribution in [0.3, 0.4) is 0 Å². The number of amides is 1. The molecule has 0 aromatic carbocycles. The van der Waals surface area contributed by atoms with Gasteiger partial charge in [-0.2, -0.15) is 5.10 Å². The van der Waals surface area contributed by atoms with Crippen LogP contribution in [-0.4, -0.2) is 28.0 Å². The molecule has 0 aliphatic heterocycles. The summed E-state index contributed by atoms with van der Waals surface area (Å²) in [5.41, 5.74) is 6.05. The molecule has 19 heavy (non-hydrogen) atoms. The van der Waals surface area contributed by atoms with Gasteiger partial charge in [0.2, 0.25) is 0 Å². The van der Waals surface area contributed by atoms with Gasteiger partial charge in [0.1, 0.15) is 5.60 Å². The monoisotopic (exact) mass is 268 g/mol. The van der Waals surface area contributed by atoms with Crippen LogP contribution in [0.5, 0.6) is 0 Å². The largest absolute Gasteiger partial charge is 0.444 e. The molecule has 1 unspecified atom stereocenters. The summed E-state index contributed by atoms with van der Waals surface area (Å²) in [6.07, 6.45) is 3.13. The van der Waals surface area contributed by atoms with E-state index in [1.807, 2.05) is 45.5 Å². The van der Waals surface area contributed by atoms with Gasteiger partial charge >= 0.3 is 6.09 Å². The van der Waals surface area contributed by atoms with Crippen LogP contribution in [-0.2, 0) is 4.74 Å². The van der Waals surface area contributed by atoms with Crippen molar-refractivity contribution in [1.29, 1.82) is 0 Å². The minimum absolute atomic E-state index is 0.272. The fourth-order valence-corrected chi connectivity index (χ4v) is 1.54. The summed E-state index contributed by atoms with van der Waals surface area (Å²) in [4.78, 5) is 11.7. The van der Waals surface area contributed by atoms with Crippen LogP contribution in [0.15, 0.2) is 12.4 Å². The van der Waals surface area contributed by atoms with Crippen molar-refractivity contribution in [3.8, 4) is 0 Å². The Balaban J connectivity index is 2.69. The number of nitrogens with one attached hydrogen (secondary N) is 1. The van der Waals surface area contributed by atoms with Crippen molar-refractivity contribution in [3.63, 3.8) is 0 Å². The smallest absolute Gasteiger partial charge is 0.408 e. The number of carbonyl (C=O) groups excluding carboxylic acids is 1. The number of aromatic nitrogens is 2. The Morgan fingerprint density at radius 3 is 2.58 bits per heavy atom. The van der Waals surface area contributed by atoms with Gasteiger partial charge in [-0.05, 0) is 34.6 Å². The molecule has 0 fully saturated rings. The van der Waals surface area contributed by atoms with Gasteiger partial charge in [0.05, 0.1) is 12.2 Å². The first-order chi connectivity index (χ1) is 8.73. The lowest BCUT2D eigenvalue weighted by molar-refractivity contribution is 0.0505. The van der Waals surface area contributed by atoms with E-state index in [1.54, 1.807) is 6.20 Å². The number of carbonyl (C=O) groups is 1. The number of alkyl carbamates (subject to hydrolysis) is 1. The van der Waals surface area contributed by atoms with Gasteiger partial charge in [0.25, 0.3) is 0 Å². The van der Waals surface area contributed by atoms with Crippen LogP contribution in [0, 0.1) is 0 Å². The second-order valence-electron chi connectivity index (χ2n) is 5.78. The van der Waals surface area contributed by atoms with E-state index in [2.05, 4.69) is 10.4 Å². The third kappa shape index (κ3) is 4.90. The lowest BCUT2D eigenvalue weighted by Gasteiger charge is -2.22. The van der Waals surface area contributed by atoms with Crippen molar-refractivity contribution < 1.29 is 9.53 Å². The summed E-state index contributed by atoms with van der Waals surface area (Å²) in [5.74, 6) is 0. The van der Waals surface area contributed by atoms with Gasteiger partial charge in [0, 0.05) is 24.3 Å². The average Bonchev–Trinajstić information content (AvgIpc) is 2.72. The summed E-state index contributed by atoms with van der Waals surface area (Å²) in [7, 11) is 0. The molecule has 1 amide bonds. The van der Waals surface area contributed by atoms with E-state index in [0.717, 1.165) is 5.56 Å². The molecule has 0 aliphatic carbocycles. The minimum atomic E-state index is -0.522. The Bertz CT molecular complexity index is 421. The lowest BCUT2D eigenvalue weighted by atomic mass is 10.1. The zero-order valence-corrected chi connectivity index (χ0v) is 12.3. The van der Waals surface area contributed by atoms with Gasteiger partial charge in [-0.3, -0.25) is 4.68 Å². The van der Waals surface area contributed by atoms with Crippen LogP contribution < -0.4 is 11.1 Å². The highest BCUT2D eigenvalue weighted by molar-refractivity contribution is 5.68. The molecule has 0 aliphatic rings. The number of nitrogens with zero attached hydrogens (tertiary/aromatic N) is 2. The normalized spacial score (nSPS) is 13.4. The summed E-state index contributed by atoms with van der Waals surface area (Å²) >= 11 is 0. The second-order valence-corrected chi connectivity index (χ2v) is 5.78. The van der Waals surface area contributed by atoms with Gasteiger partial charge in [-0.15, -0.1) is 0 Å². The molecular weight excluding hydrogens is 244 g/mol. The molecule has 6 heteroatoms. The Morgan fingerprint density at radius 2 is 2.16 bits per heavy atom. The summed E-state index contributed by atoms with van der Waals surface area (Å²) in [6, 6.07) is -0.0175. The zero-order valence-electron chi connectivity index (χ0n) is 12.3. The van der Waals surface area contributed by atoms with E-state index < -0.39 is 11.7 Å². The topological polar surface area (TPSA) is 82.2 Å².